The van der Waals surface area contributed by atoms with Gasteiger partial charge in [0.05, 0.1) is 0 Å². The minimum Gasteiger partial charge on any atom is -0.176 e. The van der Waals surface area contributed by atoms with Crippen LogP contribution in [0.25, 0.3) is 0 Å². The molecule has 0 radical (unpaired) electrons. The van der Waals surface area contributed by atoms with Crippen molar-refractivity contribution in [2.45, 2.75) is 57.6 Å². The highest BCUT2D eigenvalue weighted by Crippen LogP contribution is 2.34. The van der Waals surface area contributed by atoms with Crippen molar-refractivity contribution in [3.63, 3.8) is 0 Å². The van der Waals surface area contributed by atoms with E-state index in [9.17, 15) is 0 Å². The Morgan fingerprint density at radius 3 is 2.67 bits per heavy atom. The number of thiol groups is 1. The Labute approximate surface area is 82.5 Å². The van der Waals surface area contributed by atoms with Crippen LogP contribution in [-0.2, 0) is 0 Å². The van der Waals surface area contributed by atoms with Gasteiger partial charge in [-0.1, -0.05) is 33.1 Å². The molecule has 0 saturated heterocycles. The minimum absolute atomic E-state index is 0.683. The fraction of sp³-hybridized carbons (Fsp3) is 1.00. The van der Waals surface area contributed by atoms with Crippen molar-refractivity contribution >= 4 is 12.6 Å². The van der Waals surface area contributed by atoms with E-state index < -0.39 is 0 Å². The molecule has 3 atom stereocenters. The van der Waals surface area contributed by atoms with Gasteiger partial charge < -0.3 is 0 Å². The molecule has 0 amide bonds. The Balaban J connectivity index is 2.21. The maximum absolute atomic E-state index is 4.59. The Morgan fingerprint density at radius 2 is 2.08 bits per heavy atom. The van der Waals surface area contributed by atoms with Crippen molar-refractivity contribution in [1.82, 2.24) is 0 Å². The van der Waals surface area contributed by atoms with Crippen LogP contribution < -0.4 is 0 Å². The maximum Gasteiger partial charge on any atom is 0.00426 e. The molecule has 0 spiro atoms. The van der Waals surface area contributed by atoms with E-state index in [2.05, 4.69) is 26.5 Å². The zero-order valence-electron chi connectivity index (χ0n) is 8.42. The molecule has 1 fully saturated rings. The van der Waals surface area contributed by atoms with E-state index in [1.165, 1.54) is 38.5 Å². The Bertz CT molecular complexity index is 120. The van der Waals surface area contributed by atoms with Gasteiger partial charge in [-0.15, -0.1) is 0 Å². The fourth-order valence-electron chi connectivity index (χ4n) is 2.25. The van der Waals surface area contributed by atoms with Gasteiger partial charge >= 0.3 is 0 Å². The van der Waals surface area contributed by atoms with Crippen LogP contribution in [0, 0.1) is 11.8 Å². The second kappa shape index (κ2) is 5.16. The van der Waals surface area contributed by atoms with Gasteiger partial charge in [0, 0.05) is 5.25 Å². The molecule has 12 heavy (non-hydrogen) atoms. The molecule has 3 unspecified atom stereocenters. The predicted molar refractivity (Wildman–Crippen MR) is 58.8 cm³/mol. The molecule has 1 aliphatic rings. The van der Waals surface area contributed by atoms with Gasteiger partial charge in [-0.2, -0.15) is 12.6 Å². The second-order valence-electron chi connectivity index (χ2n) is 4.37. The van der Waals surface area contributed by atoms with Gasteiger partial charge in [0.2, 0.25) is 0 Å². The quantitative estimate of drug-likeness (QED) is 0.635. The standard InChI is InChI=1S/C11H22S/c1-3-4-5-10-6-7-11(12)9(2)8-10/h9-12H,3-8H2,1-2H3. The molecule has 0 bridgehead atoms. The largest absolute Gasteiger partial charge is 0.176 e. The van der Waals surface area contributed by atoms with E-state index in [1.54, 1.807) is 0 Å². The lowest BCUT2D eigenvalue weighted by atomic mass is 9.80. The van der Waals surface area contributed by atoms with E-state index in [4.69, 9.17) is 0 Å². The normalized spacial score (nSPS) is 36.8. The first-order valence-corrected chi connectivity index (χ1v) is 5.93. The monoisotopic (exact) mass is 186 g/mol. The molecule has 1 aliphatic carbocycles. The molecular formula is C11H22S. The molecule has 1 rings (SSSR count). The summed E-state index contributed by atoms with van der Waals surface area (Å²) in [5, 5.41) is 0.683. The topological polar surface area (TPSA) is 0 Å². The van der Waals surface area contributed by atoms with Gasteiger partial charge in [0.15, 0.2) is 0 Å². The smallest absolute Gasteiger partial charge is 0.00426 e. The first-order chi connectivity index (χ1) is 5.74. The molecule has 0 nitrogen and oxygen atoms in total. The van der Waals surface area contributed by atoms with E-state index >= 15 is 0 Å². The van der Waals surface area contributed by atoms with Crippen LogP contribution in [0.4, 0.5) is 0 Å². The summed E-state index contributed by atoms with van der Waals surface area (Å²) in [6.07, 6.45) is 8.44. The first-order valence-electron chi connectivity index (χ1n) is 5.42. The van der Waals surface area contributed by atoms with Crippen LogP contribution in [0.3, 0.4) is 0 Å². The molecule has 1 heteroatoms. The number of unbranched alkanes of at least 4 members (excludes halogenated alkanes) is 1. The summed E-state index contributed by atoms with van der Waals surface area (Å²) in [6, 6.07) is 0. The summed E-state index contributed by atoms with van der Waals surface area (Å²) >= 11 is 4.59. The van der Waals surface area contributed by atoms with Crippen molar-refractivity contribution in [3.05, 3.63) is 0 Å². The van der Waals surface area contributed by atoms with Crippen LogP contribution in [0.15, 0.2) is 0 Å². The van der Waals surface area contributed by atoms with Crippen LogP contribution in [-0.4, -0.2) is 5.25 Å². The molecule has 0 heterocycles. The minimum atomic E-state index is 0.683. The van der Waals surface area contributed by atoms with Crippen molar-refractivity contribution < 1.29 is 0 Å². The molecule has 1 saturated carbocycles. The summed E-state index contributed by atoms with van der Waals surface area (Å²) in [5.74, 6) is 1.87. The fourth-order valence-corrected chi connectivity index (χ4v) is 2.52. The number of hydrogen-bond donors (Lipinski definition) is 1. The summed E-state index contributed by atoms with van der Waals surface area (Å²) < 4.78 is 0. The lowest BCUT2D eigenvalue weighted by molar-refractivity contribution is 0.274. The van der Waals surface area contributed by atoms with Crippen molar-refractivity contribution in [3.8, 4) is 0 Å². The number of hydrogen-bond acceptors (Lipinski definition) is 1. The molecule has 0 aromatic heterocycles. The maximum atomic E-state index is 4.59. The van der Waals surface area contributed by atoms with Crippen LogP contribution >= 0.6 is 12.6 Å². The molecule has 0 aromatic carbocycles. The van der Waals surface area contributed by atoms with Gasteiger partial charge in [0.25, 0.3) is 0 Å². The van der Waals surface area contributed by atoms with Crippen molar-refractivity contribution in [2.24, 2.45) is 11.8 Å². The first kappa shape index (κ1) is 10.4. The molecular weight excluding hydrogens is 164 g/mol. The third-order valence-corrected chi connectivity index (χ3v) is 3.97. The Morgan fingerprint density at radius 1 is 1.33 bits per heavy atom. The van der Waals surface area contributed by atoms with Crippen molar-refractivity contribution in [1.29, 1.82) is 0 Å². The second-order valence-corrected chi connectivity index (χ2v) is 5.03. The van der Waals surface area contributed by atoms with Gasteiger partial charge in [-0.25, -0.2) is 0 Å². The Hall–Kier alpha value is 0.350. The van der Waals surface area contributed by atoms with Gasteiger partial charge in [-0.05, 0) is 31.1 Å². The summed E-state index contributed by atoms with van der Waals surface area (Å²) in [6.45, 7) is 4.64. The van der Waals surface area contributed by atoms with Crippen LogP contribution in [0.1, 0.15) is 52.4 Å². The van der Waals surface area contributed by atoms with E-state index in [-0.39, 0.29) is 0 Å². The van der Waals surface area contributed by atoms with Gasteiger partial charge in [0.1, 0.15) is 0 Å². The predicted octanol–water partition coefficient (Wildman–Crippen LogP) is 3.91. The summed E-state index contributed by atoms with van der Waals surface area (Å²) in [7, 11) is 0. The van der Waals surface area contributed by atoms with Crippen LogP contribution in [0.2, 0.25) is 0 Å². The van der Waals surface area contributed by atoms with E-state index in [0.717, 1.165) is 11.8 Å². The third-order valence-electron chi connectivity index (χ3n) is 3.20. The molecule has 0 N–H and O–H groups in total. The highest BCUT2D eigenvalue weighted by Gasteiger charge is 2.24. The SMILES string of the molecule is CCCCC1CCC(S)C(C)C1. The van der Waals surface area contributed by atoms with Crippen LogP contribution in [0.5, 0.6) is 0 Å². The average Bonchev–Trinajstić information content (AvgIpc) is 2.07. The lowest BCUT2D eigenvalue weighted by Crippen LogP contribution is -2.23. The highest BCUT2D eigenvalue weighted by atomic mass is 32.1. The van der Waals surface area contributed by atoms with E-state index in [1.807, 2.05) is 0 Å². The third kappa shape index (κ3) is 3.01. The average molecular weight is 186 g/mol. The highest BCUT2D eigenvalue weighted by molar-refractivity contribution is 7.81. The zero-order valence-corrected chi connectivity index (χ0v) is 9.32. The summed E-state index contributed by atoms with van der Waals surface area (Å²) in [4.78, 5) is 0. The summed E-state index contributed by atoms with van der Waals surface area (Å²) in [5.41, 5.74) is 0. The van der Waals surface area contributed by atoms with E-state index in [0.29, 0.717) is 5.25 Å². The van der Waals surface area contributed by atoms with Gasteiger partial charge in [-0.3, -0.25) is 0 Å². The Kier molecular flexibility index (Phi) is 4.49. The molecule has 0 aliphatic heterocycles. The lowest BCUT2D eigenvalue weighted by Gasteiger charge is -2.31. The zero-order chi connectivity index (χ0) is 8.97. The molecule has 0 aromatic rings. The van der Waals surface area contributed by atoms with Crippen molar-refractivity contribution in [2.75, 3.05) is 0 Å². The number of rotatable bonds is 3. The molecule has 72 valence electrons.